The van der Waals surface area contributed by atoms with Crippen molar-refractivity contribution in [3.05, 3.63) is 59.4 Å². The summed E-state index contributed by atoms with van der Waals surface area (Å²) in [5.41, 5.74) is -0.0431. The molecule has 0 saturated carbocycles. The van der Waals surface area contributed by atoms with Crippen molar-refractivity contribution in [3.63, 3.8) is 0 Å². The van der Waals surface area contributed by atoms with Gasteiger partial charge in [0.15, 0.2) is 4.90 Å². The van der Waals surface area contributed by atoms with Gasteiger partial charge >= 0.3 is 6.18 Å². The van der Waals surface area contributed by atoms with Crippen LogP contribution in [0.4, 0.5) is 17.6 Å². The highest BCUT2D eigenvalue weighted by Gasteiger charge is 2.34. The molecule has 0 aliphatic carbocycles. The molecule has 30 heavy (non-hydrogen) atoms. The highest BCUT2D eigenvalue weighted by atomic mass is 32.2. The third kappa shape index (κ3) is 6.34. The Balaban J connectivity index is 1.55. The maximum Gasteiger partial charge on any atom is 0.416 e. The van der Waals surface area contributed by atoms with Crippen molar-refractivity contribution < 1.29 is 26.9 Å². The molecule has 2 aromatic rings. The van der Waals surface area contributed by atoms with Crippen molar-refractivity contribution in [2.45, 2.75) is 50.0 Å². The van der Waals surface area contributed by atoms with Crippen LogP contribution in [-0.4, -0.2) is 34.7 Å². The van der Waals surface area contributed by atoms with Gasteiger partial charge in [-0.25, -0.2) is 4.39 Å². The Hall–Kier alpha value is -1.81. The second kappa shape index (κ2) is 9.55. The first-order valence-corrected chi connectivity index (χ1v) is 10.8. The van der Waals surface area contributed by atoms with Crippen molar-refractivity contribution in [3.8, 4) is 5.75 Å². The van der Waals surface area contributed by atoms with Gasteiger partial charge in [0.2, 0.25) is 0 Å². The molecule has 0 radical (unpaired) electrons. The summed E-state index contributed by atoms with van der Waals surface area (Å²) in [5, 5.41) is 0. The second-order valence-corrected chi connectivity index (χ2v) is 8.84. The Morgan fingerprint density at radius 3 is 2.53 bits per heavy atom. The van der Waals surface area contributed by atoms with Gasteiger partial charge in [0.1, 0.15) is 11.6 Å². The van der Waals surface area contributed by atoms with Crippen LogP contribution in [-0.2, 0) is 24.1 Å². The van der Waals surface area contributed by atoms with E-state index in [1.54, 1.807) is 0 Å². The van der Waals surface area contributed by atoms with Gasteiger partial charge < -0.3 is 9.29 Å². The highest BCUT2D eigenvalue weighted by molar-refractivity contribution is 7.89. The first kappa shape index (κ1) is 22.9. The average Bonchev–Trinajstić information content (AvgIpc) is 3.08. The number of nitrogens with one attached hydrogen (secondary N) is 1. The number of rotatable bonds is 7. The maximum atomic E-state index is 13.6. The zero-order chi connectivity index (χ0) is 21.9. The van der Waals surface area contributed by atoms with Crippen molar-refractivity contribution in [2.75, 3.05) is 13.1 Å². The summed E-state index contributed by atoms with van der Waals surface area (Å²) < 4.78 is 73.0. The fourth-order valence-corrected chi connectivity index (χ4v) is 4.41. The Morgan fingerprint density at radius 1 is 1.20 bits per heavy atom. The summed E-state index contributed by atoms with van der Waals surface area (Å²) >= 11 is -1.93. The quantitative estimate of drug-likeness (QED) is 0.504. The molecule has 1 fully saturated rings. The number of benzene rings is 2. The summed E-state index contributed by atoms with van der Waals surface area (Å²) in [4.78, 5) is 1.95. The Bertz CT molecular complexity index is 846. The van der Waals surface area contributed by atoms with Gasteiger partial charge in [-0.15, -0.1) is 4.72 Å². The zero-order valence-corrected chi connectivity index (χ0v) is 17.5. The molecule has 0 aromatic heterocycles. The van der Waals surface area contributed by atoms with Crippen LogP contribution in [0.25, 0.3) is 0 Å². The molecule has 3 rings (SSSR count). The van der Waals surface area contributed by atoms with Crippen LogP contribution in [0.1, 0.15) is 31.4 Å². The van der Waals surface area contributed by atoms with Gasteiger partial charge in [0.05, 0.1) is 29.1 Å². The van der Waals surface area contributed by atoms with Gasteiger partial charge in [0.25, 0.3) is 0 Å². The number of hydrogen-bond donors (Lipinski definition) is 1. The van der Waals surface area contributed by atoms with Gasteiger partial charge in [-0.2, -0.15) is 13.2 Å². The Labute approximate surface area is 176 Å². The molecule has 4 nitrogen and oxygen atoms in total. The van der Waals surface area contributed by atoms with Crippen LogP contribution in [0, 0.1) is 5.82 Å². The van der Waals surface area contributed by atoms with Gasteiger partial charge in [-0.3, -0.25) is 4.90 Å². The van der Waals surface area contributed by atoms with E-state index in [1.165, 1.54) is 0 Å². The SMILES string of the molecule is CC(C)Oc1ccc(CN2CC[C@@H](N[S+]([O-])c3cc(F)cc(C(F)(F)F)c3)C2)cc1. The highest BCUT2D eigenvalue weighted by Crippen LogP contribution is 2.31. The lowest BCUT2D eigenvalue weighted by Gasteiger charge is -2.18. The van der Waals surface area contributed by atoms with Gasteiger partial charge in [-0.1, -0.05) is 12.1 Å². The van der Waals surface area contributed by atoms with Gasteiger partial charge in [-0.05, 0) is 44.0 Å². The Morgan fingerprint density at radius 2 is 1.90 bits per heavy atom. The molecule has 9 heteroatoms. The fraction of sp³-hybridized carbons (Fsp3) is 0.429. The smallest absolute Gasteiger partial charge is 0.416 e. The molecular formula is C21H24F4N2O2S. The molecule has 1 unspecified atom stereocenters. The molecule has 164 valence electrons. The van der Waals surface area contributed by atoms with E-state index in [2.05, 4.69) is 9.62 Å². The normalized spacial score (nSPS) is 18.7. The first-order chi connectivity index (χ1) is 14.1. The van der Waals surface area contributed by atoms with Crippen molar-refractivity contribution in [1.82, 2.24) is 9.62 Å². The minimum absolute atomic E-state index is 0.104. The molecule has 2 atom stereocenters. The van der Waals surface area contributed by atoms with Gasteiger partial charge in [0, 0.05) is 31.8 Å². The molecule has 0 amide bonds. The monoisotopic (exact) mass is 444 g/mol. The number of hydrogen-bond acceptors (Lipinski definition) is 4. The van der Waals surface area contributed by atoms with E-state index in [0.717, 1.165) is 30.0 Å². The minimum Gasteiger partial charge on any atom is -0.593 e. The molecule has 1 N–H and O–H groups in total. The lowest BCUT2D eigenvalue weighted by molar-refractivity contribution is -0.137. The number of nitrogens with zero attached hydrogens (tertiary/aromatic N) is 1. The Kier molecular flexibility index (Phi) is 7.28. The van der Waals surface area contributed by atoms with Crippen LogP contribution >= 0.6 is 0 Å². The summed E-state index contributed by atoms with van der Waals surface area (Å²) in [6, 6.07) is 9.63. The first-order valence-electron chi connectivity index (χ1n) is 9.64. The number of alkyl halides is 3. The second-order valence-electron chi connectivity index (χ2n) is 7.59. The number of halogens is 4. The average molecular weight is 444 g/mol. The van der Waals surface area contributed by atoms with Crippen molar-refractivity contribution in [1.29, 1.82) is 0 Å². The van der Waals surface area contributed by atoms with E-state index in [4.69, 9.17) is 4.74 Å². The number of ether oxygens (including phenoxy) is 1. The fourth-order valence-electron chi connectivity index (χ4n) is 3.33. The van der Waals surface area contributed by atoms with E-state index in [0.29, 0.717) is 25.6 Å². The predicted octanol–water partition coefficient (Wildman–Crippen LogP) is 4.52. The zero-order valence-electron chi connectivity index (χ0n) is 16.7. The van der Waals surface area contributed by atoms with Crippen LogP contribution < -0.4 is 9.46 Å². The molecule has 1 aliphatic rings. The van der Waals surface area contributed by atoms with Crippen LogP contribution in [0.2, 0.25) is 0 Å². The standard InChI is InChI=1S/C21H24F4N2O2S/c1-14(2)29-19-5-3-15(4-6-19)12-27-8-7-18(13-27)26-30(28)20-10-16(21(23,24)25)9-17(22)11-20/h3-6,9-11,14,18,26H,7-8,12-13H2,1-2H3/t18-,30?/m1/s1. The minimum atomic E-state index is -4.69. The topological polar surface area (TPSA) is 47.6 Å². The maximum absolute atomic E-state index is 13.6. The van der Waals surface area contributed by atoms with Crippen molar-refractivity contribution in [2.24, 2.45) is 0 Å². The summed E-state index contributed by atoms with van der Waals surface area (Å²) in [6.07, 6.45) is -3.89. The van der Waals surface area contributed by atoms with Crippen LogP contribution in [0.3, 0.4) is 0 Å². The molecule has 1 saturated heterocycles. The largest absolute Gasteiger partial charge is 0.593 e. The van der Waals surface area contributed by atoms with Crippen molar-refractivity contribution >= 4 is 11.4 Å². The molecule has 1 aliphatic heterocycles. The van der Waals surface area contributed by atoms with E-state index >= 15 is 0 Å². The molecule has 1 heterocycles. The van der Waals surface area contributed by atoms with Crippen LogP contribution in [0.15, 0.2) is 47.4 Å². The predicted molar refractivity (Wildman–Crippen MR) is 107 cm³/mol. The summed E-state index contributed by atoms with van der Waals surface area (Å²) in [5.74, 6) is -0.258. The molecule has 0 spiro atoms. The lowest BCUT2D eigenvalue weighted by Crippen LogP contribution is -2.37. The number of likely N-dealkylation sites (tertiary alicyclic amines) is 1. The summed E-state index contributed by atoms with van der Waals surface area (Å²) in [7, 11) is 0. The molecule has 2 aromatic carbocycles. The van der Waals surface area contributed by atoms with E-state index < -0.39 is 28.9 Å². The van der Waals surface area contributed by atoms with E-state index in [-0.39, 0.29) is 17.0 Å². The van der Waals surface area contributed by atoms with Crippen LogP contribution in [0.5, 0.6) is 5.75 Å². The van der Waals surface area contributed by atoms with E-state index in [1.807, 2.05) is 38.1 Å². The third-order valence-corrected chi connectivity index (χ3v) is 5.87. The lowest BCUT2D eigenvalue weighted by atomic mass is 10.2. The van der Waals surface area contributed by atoms with E-state index in [9.17, 15) is 22.1 Å². The summed E-state index contributed by atoms with van der Waals surface area (Å²) in [6.45, 7) is 5.98. The third-order valence-electron chi connectivity index (χ3n) is 4.66. The molecule has 0 bridgehead atoms. The molecular weight excluding hydrogens is 420 g/mol.